The second-order valence-electron chi connectivity index (χ2n) is 20.4. The summed E-state index contributed by atoms with van der Waals surface area (Å²) in [5.41, 5.74) is 0.521. The highest BCUT2D eigenvalue weighted by Crippen LogP contribution is 2.39. The predicted octanol–water partition coefficient (Wildman–Crippen LogP) is 4.82. The van der Waals surface area contributed by atoms with Gasteiger partial charge in [-0.05, 0) is 103 Å². The van der Waals surface area contributed by atoms with Crippen LogP contribution in [0.2, 0.25) is 0 Å². The first-order chi connectivity index (χ1) is 35.2. The van der Waals surface area contributed by atoms with Gasteiger partial charge in [0.2, 0.25) is 0 Å². The summed E-state index contributed by atoms with van der Waals surface area (Å²) in [7, 11) is 6.80. The summed E-state index contributed by atoms with van der Waals surface area (Å²) in [6, 6.07) is 8.88. The van der Waals surface area contributed by atoms with Crippen LogP contribution in [0.15, 0.2) is 48.8 Å². The van der Waals surface area contributed by atoms with Crippen LogP contribution in [0.5, 0.6) is 0 Å². The zero-order chi connectivity index (χ0) is 54.3. The lowest BCUT2D eigenvalue weighted by Crippen LogP contribution is -2.66. The number of ether oxygens (including phenoxy) is 9. The van der Waals surface area contributed by atoms with Gasteiger partial charge < -0.3 is 67.4 Å². The van der Waals surface area contributed by atoms with Gasteiger partial charge in [-0.25, -0.2) is 4.68 Å². The Bertz CT molecular complexity index is 2110. The van der Waals surface area contributed by atoms with Gasteiger partial charge in [0.1, 0.15) is 36.8 Å². The van der Waals surface area contributed by atoms with E-state index in [0.29, 0.717) is 32.4 Å². The topological polar surface area (TPSA) is 233 Å². The number of esters is 4. The minimum Gasteiger partial charge on any atom is -0.462 e. The van der Waals surface area contributed by atoms with Gasteiger partial charge in [0.05, 0.1) is 42.6 Å². The Morgan fingerprint density at radius 1 is 0.959 bits per heavy atom. The molecular formula is C54H82N4O16. The van der Waals surface area contributed by atoms with E-state index in [0.717, 1.165) is 17.5 Å². The van der Waals surface area contributed by atoms with E-state index in [2.05, 4.69) is 5.10 Å². The van der Waals surface area contributed by atoms with Gasteiger partial charge in [0.25, 0.3) is 0 Å². The number of methoxy groups -OCH3 is 1. The number of aliphatic hydroxyl groups excluding tert-OH is 2. The van der Waals surface area contributed by atoms with E-state index < -0.39 is 127 Å². The maximum absolute atomic E-state index is 14.2. The van der Waals surface area contributed by atoms with E-state index in [-0.39, 0.29) is 32.1 Å². The Kier molecular flexibility index (Phi) is 23.2. The van der Waals surface area contributed by atoms with E-state index in [1.807, 2.05) is 67.6 Å². The molecule has 20 nitrogen and oxygen atoms in total. The van der Waals surface area contributed by atoms with Crippen LogP contribution in [0.25, 0.3) is 11.8 Å². The zero-order valence-electron chi connectivity index (χ0n) is 45.1. The normalized spacial score (nSPS) is 34.2. The first-order valence-corrected chi connectivity index (χ1v) is 26.0. The molecular weight excluding hydrogens is 961 g/mol. The molecule has 4 heterocycles. The lowest BCUT2D eigenvalue weighted by atomic mass is 9.82. The molecule has 3 fully saturated rings. The van der Waals surface area contributed by atoms with Gasteiger partial charge in [0, 0.05) is 65.1 Å². The third-order valence-corrected chi connectivity index (χ3v) is 14.2. The number of likely N-dealkylation sites (N-methyl/N-ethyl adjacent to an activating group) is 2. The molecule has 1 aromatic carbocycles. The van der Waals surface area contributed by atoms with E-state index in [9.17, 15) is 34.2 Å². The third kappa shape index (κ3) is 16.7. The number of aliphatic hydroxyl groups is 2. The molecule has 1 aromatic heterocycles. The highest BCUT2D eigenvalue weighted by atomic mass is 16.7. The van der Waals surface area contributed by atoms with Crippen LogP contribution in [0.3, 0.4) is 0 Å². The molecule has 0 amide bonds. The highest BCUT2D eigenvalue weighted by Gasteiger charge is 2.54. The quantitative estimate of drug-likeness (QED) is 0.123. The number of aldehydes is 1. The molecule has 3 aliphatic heterocycles. The average molecular weight is 1040 g/mol. The highest BCUT2D eigenvalue weighted by molar-refractivity contribution is 5.73. The number of hydrogen-bond acceptors (Lipinski definition) is 19. The third-order valence-electron chi connectivity index (χ3n) is 14.2. The Labute approximate surface area is 436 Å². The van der Waals surface area contributed by atoms with Crippen LogP contribution in [-0.2, 0) is 66.6 Å². The number of carbonyl (C=O) groups excluding carboxylic acids is 5. The molecule has 16 atom stereocenters. The van der Waals surface area contributed by atoms with Crippen molar-refractivity contribution >= 4 is 36.2 Å². The van der Waals surface area contributed by atoms with E-state index in [1.165, 1.54) is 14.0 Å². The van der Waals surface area contributed by atoms with Crippen molar-refractivity contribution in [3.8, 4) is 5.69 Å². The van der Waals surface area contributed by atoms with Crippen molar-refractivity contribution in [3.05, 3.63) is 54.4 Å². The second kappa shape index (κ2) is 28.5. The fourth-order valence-electron chi connectivity index (χ4n) is 10.4. The molecule has 74 heavy (non-hydrogen) atoms. The van der Waals surface area contributed by atoms with Crippen LogP contribution in [0.4, 0.5) is 0 Å². The van der Waals surface area contributed by atoms with E-state index in [1.54, 1.807) is 64.5 Å². The molecule has 2 aromatic rings. The Balaban J connectivity index is 1.44. The first kappa shape index (κ1) is 60.2. The van der Waals surface area contributed by atoms with Gasteiger partial charge in [-0.15, -0.1) is 0 Å². The molecule has 5 rings (SSSR count). The van der Waals surface area contributed by atoms with Crippen molar-refractivity contribution in [2.45, 2.75) is 192 Å². The molecule has 0 radical (unpaired) electrons. The Hall–Kier alpha value is -4.64. The number of rotatable bonds is 17. The minimum atomic E-state index is -1.44. The minimum absolute atomic E-state index is 0.0250. The molecule has 414 valence electrons. The lowest BCUT2D eigenvalue weighted by molar-refractivity contribution is -0.344. The van der Waals surface area contributed by atoms with Crippen molar-refractivity contribution in [2.24, 2.45) is 11.8 Å². The van der Waals surface area contributed by atoms with Crippen LogP contribution >= 0.6 is 0 Å². The summed E-state index contributed by atoms with van der Waals surface area (Å²) in [6.07, 6.45) is -2.85. The first-order valence-electron chi connectivity index (χ1n) is 26.0. The smallest absolute Gasteiger partial charge is 0.309 e. The predicted molar refractivity (Wildman–Crippen MR) is 270 cm³/mol. The standard InChI is InChI=1S/C54H82N4O16/c1-12-43(62)70-42-30-45(64)69-40(18-14-17-37-20-22-39(23-21-37)58-27-16-25-55-58)19-15-26-57(10)32-41(61)33(3)29-38(24-28-59)50(51(42)66-11)73-53-48(65)47(56(8)9)49(34(4)68-53)72-46-31-54(7,74-36(6)60)52(35(5)67-46)71-44(63)13-2/h14,16-17,20-23,25,27-28,33-35,38,40-42,46-53,61,65H,12-13,15,18-19,24,26,29-32H2,1-11H3/t33-,34?,35?,38+,40+,41+,42-,46+,47?,48?,49-,50+,51+,52+,53+,54?/m1/s1. The average Bonchev–Trinajstić information content (AvgIpc) is 3.88. The van der Waals surface area contributed by atoms with E-state index in [4.69, 9.17) is 42.6 Å². The number of hydrogen-bond donors (Lipinski definition) is 2. The zero-order valence-corrected chi connectivity index (χ0v) is 45.1. The number of carbonyl (C=O) groups is 5. The molecule has 0 bridgehead atoms. The van der Waals surface area contributed by atoms with Gasteiger partial charge >= 0.3 is 23.9 Å². The van der Waals surface area contributed by atoms with Gasteiger partial charge in [-0.2, -0.15) is 5.10 Å². The Morgan fingerprint density at radius 2 is 1.66 bits per heavy atom. The van der Waals surface area contributed by atoms with Crippen molar-refractivity contribution in [3.63, 3.8) is 0 Å². The number of nitrogens with zero attached hydrogens (tertiary/aromatic N) is 4. The van der Waals surface area contributed by atoms with Gasteiger partial charge in [-0.1, -0.05) is 45.1 Å². The maximum Gasteiger partial charge on any atom is 0.309 e. The monoisotopic (exact) mass is 1040 g/mol. The maximum atomic E-state index is 14.2. The molecule has 5 unspecified atom stereocenters. The number of benzene rings is 1. The molecule has 0 spiro atoms. The molecule has 3 aliphatic rings. The summed E-state index contributed by atoms with van der Waals surface area (Å²) < 4.78 is 57.9. The van der Waals surface area contributed by atoms with E-state index >= 15 is 0 Å². The molecule has 0 aliphatic carbocycles. The van der Waals surface area contributed by atoms with Crippen molar-refractivity contribution in [2.75, 3.05) is 41.3 Å². The molecule has 0 saturated carbocycles. The van der Waals surface area contributed by atoms with Crippen LogP contribution in [0, 0.1) is 11.8 Å². The molecule has 3 saturated heterocycles. The summed E-state index contributed by atoms with van der Waals surface area (Å²) in [6.45, 7) is 12.4. The lowest BCUT2D eigenvalue weighted by Gasteiger charge is -2.50. The number of β-amino-alcohol motifs (C(OH)–C–C–N with tert-alkyl or cyclic N) is 1. The largest absolute Gasteiger partial charge is 0.462 e. The summed E-state index contributed by atoms with van der Waals surface area (Å²) in [4.78, 5) is 68.7. The number of aromatic nitrogens is 2. The summed E-state index contributed by atoms with van der Waals surface area (Å²) >= 11 is 0. The van der Waals surface area contributed by atoms with Gasteiger partial charge in [0.15, 0.2) is 24.3 Å². The SMILES string of the molecule is CCC(=O)O[C@@H]1CC(=O)O[C@@H](CC=Cc2ccc(-n3cccn3)cc2)CCCN(C)C[C@H](O)[C@H](C)C[C@H](CC=O)[C@H](O[C@@H]2OC(C)[C@@H](O[C@H]3CC(C)(OC(C)=O)[C@@H](OC(=O)CC)C(C)O3)C(N(C)C)C2O)[C@H]1OC. The van der Waals surface area contributed by atoms with Crippen LogP contribution in [0.1, 0.15) is 112 Å². The number of cyclic esters (lactones) is 1. The van der Waals surface area contributed by atoms with Crippen LogP contribution in [-0.4, -0.2) is 187 Å². The van der Waals surface area contributed by atoms with Gasteiger partial charge in [-0.3, -0.25) is 19.2 Å². The van der Waals surface area contributed by atoms with Crippen molar-refractivity contribution in [1.82, 2.24) is 19.6 Å². The second-order valence-corrected chi connectivity index (χ2v) is 20.4. The molecule has 2 N–H and O–H groups in total. The van der Waals surface area contributed by atoms with Crippen LogP contribution < -0.4 is 0 Å². The fraction of sp³-hybridized carbons (Fsp3) is 0.704. The van der Waals surface area contributed by atoms with Crippen molar-refractivity contribution < 1.29 is 76.8 Å². The van der Waals surface area contributed by atoms with Crippen molar-refractivity contribution in [1.29, 1.82) is 0 Å². The summed E-state index contributed by atoms with van der Waals surface area (Å²) in [5, 5.41) is 28.3. The fourth-order valence-corrected chi connectivity index (χ4v) is 10.4. The Morgan fingerprint density at radius 3 is 2.28 bits per heavy atom. The molecule has 20 heteroatoms. The summed E-state index contributed by atoms with van der Waals surface area (Å²) in [5.74, 6) is -3.46.